The molecule has 0 saturated carbocycles. The Bertz CT molecular complexity index is 1470. The number of ether oxygens (including phenoxy) is 1. The van der Waals surface area contributed by atoms with Crippen molar-refractivity contribution >= 4 is 33.5 Å². The van der Waals surface area contributed by atoms with E-state index in [1.54, 1.807) is 66.7 Å². The van der Waals surface area contributed by atoms with Crippen molar-refractivity contribution in [2.24, 2.45) is 0 Å². The molecule has 182 valence electrons. The van der Waals surface area contributed by atoms with Gasteiger partial charge in [-0.25, -0.2) is 9.59 Å². The number of nitrogens with one attached hydrogen (secondary N) is 2. The van der Waals surface area contributed by atoms with Crippen molar-refractivity contribution in [1.29, 1.82) is 0 Å². The lowest BCUT2D eigenvalue weighted by molar-refractivity contribution is 0.0733. The Labute approximate surface area is 208 Å². The second-order valence-corrected chi connectivity index (χ2v) is 9.26. The summed E-state index contributed by atoms with van der Waals surface area (Å²) in [5.74, 6) is -0.844. The van der Waals surface area contributed by atoms with Crippen LogP contribution < -0.4 is 19.6 Å². The molecule has 0 unspecified atom stereocenters. The second-order valence-electron chi connectivity index (χ2n) is 7.71. The summed E-state index contributed by atoms with van der Waals surface area (Å²) in [5.41, 5.74) is 1.51. The maximum Gasteiger partial charge on any atom is 0.347 e. The maximum absolute atomic E-state index is 12.9. The molecule has 0 aromatic heterocycles. The van der Waals surface area contributed by atoms with E-state index >= 15 is 0 Å². The van der Waals surface area contributed by atoms with Crippen molar-refractivity contribution in [2.45, 2.75) is 11.8 Å². The van der Waals surface area contributed by atoms with Gasteiger partial charge in [-0.2, -0.15) is 8.42 Å². The van der Waals surface area contributed by atoms with Gasteiger partial charge in [0.05, 0.1) is 0 Å². The number of carbonyl (C=O) groups excluding carboxylic acids is 2. The Balaban J connectivity index is 1.63. The zero-order chi connectivity index (χ0) is 25.5. The van der Waals surface area contributed by atoms with Gasteiger partial charge in [0.25, 0.3) is 0 Å². The van der Waals surface area contributed by atoms with Gasteiger partial charge in [-0.3, -0.25) is 0 Å². The molecule has 0 spiro atoms. The first-order valence-electron chi connectivity index (χ1n) is 10.9. The number of carbonyl (C=O) groups is 2. The number of para-hydroxylation sites is 2. The van der Waals surface area contributed by atoms with E-state index in [9.17, 15) is 18.0 Å². The highest BCUT2D eigenvalue weighted by Gasteiger charge is 2.23. The number of aryl methyl sites for hydroxylation is 1. The highest BCUT2D eigenvalue weighted by molar-refractivity contribution is 7.87. The SMILES string of the molecule is Cc1ccc(S(=O)(=O)Oc2cc(NC(=O)Nc3ccccc3)ccc2C(=O)Oc2ccccc2)cc1. The van der Waals surface area contributed by atoms with Gasteiger partial charge in [-0.15, -0.1) is 0 Å². The van der Waals surface area contributed by atoms with Crippen molar-refractivity contribution in [1.82, 2.24) is 0 Å². The van der Waals surface area contributed by atoms with Crippen molar-refractivity contribution in [3.8, 4) is 11.5 Å². The van der Waals surface area contributed by atoms with Crippen molar-refractivity contribution in [2.75, 3.05) is 10.6 Å². The van der Waals surface area contributed by atoms with Gasteiger partial charge in [-0.1, -0.05) is 54.1 Å². The molecule has 2 amide bonds. The lowest BCUT2D eigenvalue weighted by Gasteiger charge is -2.14. The van der Waals surface area contributed by atoms with Crippen LogP contribution in [-0.2, 0) is 10.1 Å². The molecule has 8 nitrogen and oxygen atoms in total. The zero-order valence-corrected chi connectivity index (χ0v) is 20.0. The van der Waals surface area contributed by atoms with Gasteiger partial charge in [0.2, 0.25) is 0 Å². The molecule has 4 aromatic rings. The number of rotatable bonds is 7. The van der Waals surface area contributed by atoms with Crippen LogP contribution in [-0.4, -0.2) is 20.4 Å². The summed E-state index contributed by atoms with van der Waals surface area (Å²) >= 11 is 0. The standard InChI is InChI=1S/C27H22N2O6S/c1-19-12-15-23(16-13-19)36(32,33)35-25-18-21(29-27(31)28-20-8-4-2-5-9-20)14-17-24(25)26(30)34-22-10-6-3-7-11-22/h2-18H,1H3,(H2,28,29,31). The summed E-state index contributed by atoms with van der Waals surface area (Å²) in [4.78, 5) is 25.2. The molecule has 0 bridgehead atoms. The van der Waals surface area contributed by atoms with E-state index in [2.05, 4.69) is 10.6 Å². The van der Waals surface area contributed by atoms with Crippen LogP contribution >= 0.6 is 0 Å². The summed E-state index contributed by atoms with van der Waals surface area (Å²) in [5, 5.41) is 5.26. The van der Waals surface area contributed by atoms with Gasteiger partial charge in [0.1, 0.15) is 16.2 Å². The van der Waals surface area contributed by atoms with E-state index in [-0.39, 0.29) is 27.6 Å². The van der Waals surface area contributed by atoms with Crippen molar-refractivity contribution < 1.29 is 26.9 Å². The topological polar surface area (TPSA) is 111 Å². The molecule has 4 aromatic carbocycles. The number of benzene rings is 4. The van der Waals surface area contributed by atoms with E-state index in [4.69, 9.17) is 8.92 Å². The van der Waals surface area contributed by atoms with E-state index in [1.165, 1.54) is 30.3 Å². The monoisotopic (exact) mass is 502 g/mol. The minimum Gasteiger partial charge on any atom is -0.423 e. The van der Waals surface area contributed by atoms with E-state index in [0.29, 0.717) is 5.69 Å². The molecule has 9 heteroatoms. The molecule has 0 saturated heterocycles. The van der Waals surface area contributed by atoms with Crippen LogP contribution in [0.15, 0.2) is 108 Å². The summed E-state index contributed by atoms with van der Waals surface area (Å²) in [6.07, 6.45) is 0. The maximum atomic E-state index is 12.9. The largest absolute Gasteiger partial charge is 0.423 e. The predicted molar refractivity (Wildman–Crippen MR) is 136 cm³/mol. The minimum atomic E-state index is -4.29. The van der Waals surface area contributed by atoms with E-state index in [1.807, 2.05) is 13.0 Å². The molecule has 0 fully saturated rings. The molecule has 0 heterocycles. The van der Waals surface area contributed by atoms with Gasteiger partial charge in [-0.05, 0) is 55.5 Å². The number of hydrogen-bond acceptors (Lipinski definition) is 6. The predicted octanol–water partition coefficient (Wildman–Crippen LogP) is 5.63. The Hall–Kier alpha value is -4.63. The van der Waals surface area contributed by atoms with Crippen LogP contribution in [0.4, 0.5) is 16.2 Å². The lowest BCUT2D eigenvalue weighted by atomic mass is 10.2. The van der Waals surface area contributed by atoms with Crippen LogP contribution in [0.3, 0.4) is 0 Å². The summed E-state index contributed by atoms with van der Waals surface area (Å²) in [6.45, 7) is 1.82. The Kier molecular flexibility index (Phi) is 7.31. The summed E-state index contributed by atoms with van der Waals surface area (Å²) in [7, 11) is -4.29. The smallest absolute Gasteiger partial charge is 0.347 e. The number of amides is 2. The third kappa shape index (κ3) is 6.28. The quantitative estimate of drug-likeness (QED) is 0.193. The molecule has 0 aliphatic rings. The first-order chi connectivity index (χ1) is 17.3. The first kappa shape index (κ1) is 24.5. The van der Waals surface area contributed by atoms with Gasteiger partial charge < -0.3 is 19.6 Å². The summed E-state index contributed by atoms with van der Waals surface area (Å²) in [6, 6.07) is 26.6. The van der Waals surface area contributed by atoms with E-state index in [0.717, 1.165) is 5.56 Å². The van der Waals surface area contributed by atoms with Crippen molar-refractivity contribution in [3.63, 3.8) is 0 Å². The van der Waals surface area contributed by atoms with Crippen LogP contribution in [0, 0.1) is 6.92 Å². The number of anilines is 2. The molecular weight excluding hydrogens is 480 g/mol. The normalized spacial score (nSPS) is 10.8. The third-order valence-electron chi connectivity index (χ3n) is 4.95. The molecule has 36 heavy (non-hydrogen) atoms. The zero-order valence-electron chi connectivity index (χ0n) is 19.2. The van der Waals surface area contributed by atoms with Crippen LogP contribution in [0.1, 0.15) is 15.9 Å². The van der Waals surface area contributed by atoms with Gasteiger partial charge >= 0.3 is 22.1 Å². The van der Waals surface area contributed by atoms with Gasteiger partial charge in [0, 0.05) is 17.4 Å². The molecule has 4 rings (SSSR count). The average molecular weight is 503 g/mol. The number of urea groups is 1. The highest BCUT2D eigenvalue weighted by atomic mass is 32.2. The van der Waals surface area contributed by atoms with Gasteiger partial charge in [0.15, 0.2) is 5.75 Å². The lowest BCUT2D eigenvalue weighted by Crippen LogP contribution is -2.20. The summed E-state index contributed by atoms with van der Waals surface area (Å²) < 4.78 is 36.6. The van der Waals surface area contributed by atoms with Crippen molar-refractivity contribution in [3.05, 3.63) is 114 Å². The van der Waals surface area contributed by atoms with Crippen LogP contribution in [0.5, 0.6) is 11.5 Å². The Morgan fingerprint density at radius 2 is 1.33 bits per heavy atom. The molecule has 0 atom stereocenters. The third-order valence-corrected chi connectivity index (χ3v) is 6.20. The minimum absolute atomic E-state index is 0.0874. The highest BCUT2D eigenvalue weighted by Crippen LogP contribution is 2.28. The fraction of sp³-hybridized carbons (Fsp3) is 0.0370. The van der Waals surface area contributed by atoms with Crippen LogP contribution in [0.2, 0.25) is 0 Å². The second kappa shape index (κ2) is 10.7. The molecular formula is C27H22N2O6S. The fourth-order valence-electron chi connectivity index (χ4n) is 3.17. The Morgan fingerprint density at radius 3 is 2.00 bits per heavy atom. The Morgan fingerprint density at radius 1 is 0.722 bits per heavy atom. The molecule has 2 N–H and O–H groups in total. The average Bonchev–Trinajstić information content (AvgIpc) is 2.85. The molecule has 0 aliphatic heterocycles. The number of hydrogen-bond donors (Lipinski definition) is 2. The molecule has 0 radical (unpaired) electrons. The fourth-order valence-corrected chi connectivity index (χ4v) is 4.11. The molecule has 0 aliphatic carbocycles. The first-order valence-corrected chi connectivity index (χ1v) is 12.3. The number of esters is 1. The van der Waals surface area contributed by atoms with E-state index < -0.39 is 22.1 Å². The van der Waals surface area contributed by atoms with Crippen LogP contribution in [0.25, 0.3) is 0 Å².